The summed E-state index contributed by atoms with van der Waals surface area (Å²) in [6.07, 6.45) is 2.03. The molecule has 4 heteroatoms. The first kappa shape index (κ1) is 19.8. The Morgan fingerprint density at radius 1 is 0.967 bits per heavy atom. The van der Waals surface area contributed by atoms with E-state index in [1.54, 1.807) is 20.1 Å². The van der Waals surface area contributed by atoms with Crippen molar-refractivity contribution in [3.8, 4) is 11.5 Å². The fourth-order valence-electron chi connectivity index (χ4n) is 4.02. The van der Waals surface area contributed by atoms with Gasteiger partial charge < -0.3 is 14.2 Å². The number of ether oxygens (including phenoxy) is 3. The van der Waals surface area contributed by atoms with Gasteiger partial charge in [-0.3, -0.25) is 0 Å². The Morgan fingerprint density at radius 2 is 1.60 bits per heavy atom. The van der Waals surface area contributed by atoms with Crippen LogP contribution in [0.5, 0.6) is 11.5 Å². The van der Waals surface area contributed by atoms with Crippen molar-refractivity contribution in [2.24, 2.45) is 0 Å². The minimum Gasteiger partial charge on any atom is -0.496 e. The summed E-state index contributed by atoms with van der Waals surface area (Å²) in [5.41, 5.74) is 2.86. The number of hydrogen-bond donors (Lipinski definition) is 0. The van der Waals surface area contributed by atoms with Crippen LogP contribution >= 0.6 is 0 Å². The van der Waals surface area contributed by atoms with E-state index in [9.17, 15) is 4.79 Å². The van der Waals surface area contributed by atoms with Gasteiger partial charge in [0, 0.05) is 23.6 Å². The fraction of sp³-hybridized carbons (Fsp3) is 0.192. The van der Waals surface area contributed by atoms with E-state index in [1.165, 1.54) is 0 Å². The van der Waals surface area contributed by atoms with Gasteiger partial charge in [0.2, 0.25) is 0 Å². The van der Waals surface area contributed by atoms with Crippen LogP contribution in [0.2, 0.25) is 0 Å². The molecule has 0 saturated heterocycles. The van der Waals surface area contributed by atoms with E-state index in [4.69, 9.17) is 14.2 Å². The molecule has 1 aliphatic rings. The normalized spacial score (nSPS) is 15.7. The molecule has 4 rings (SSSR count). The molecule has 0 spiro atoms. The largest absolute Gasteiger partial charge is 0.496 e. The topological polar surface area (TPSA) is 44.8 Å². The number of carbonyl (C=O) groups excluding carboxylic acids is 1. The van der Waals surface area contributed by atoms with Gasteiger partial charge in [0.15, 0.2) is 5.60 Å². The van der Waals surface area contributed by atoms with E-state index in [-0.39, 0.29) is 5.97 Å². The Balaban J connectivity index is 1.96. The summed E-state index contributed by atoms with van der Waals surface area (Å²) in [5.74, 6) is 0.961. The minimum absolute atomic E-state index is 0.320. The molecule has 3 aromatic rings. The Kier molecular flexibility index (Phi) is 5.57. The average Bonchev–Trinajstić information content (AvgIpc) is 2.79. The minimum atomic E-state index is -0.778. The lowest BCUT2D eigenvalue weighted by molar-refractivity contribution is -0.137. The zero-order valence-corrected chi connectivity index (χ0v) is 17.1. The Hall–Kier alpha value is -3.53. The van der Waals surface area contributed by atoms with Gasteiger partial charge in [-0.05, 0) is 24.6 Å². The molecule has 1 heterocycles. The molecule has 3 aromatic carbocycles. The van der Waals surface area contributed by atoms with Crippen LogP contribution in [-0.4, -0.2) is 19.7 Å². The molecule has 0 amide bonds. The van der Waals surface area contributed by atoms with Crippen LogP contribution in [0.1, 0.15) is 30.0 Å². The lowest BCUT2D eigenvalue weighted by Crippen LogP contribution is -2.38. The zero-order valence-electron chi connectivity index (χ0n) is 17.1. The van der Waals surface area contributed by atoms with E-state index in [0.29, 0.717) is 24.5 Å². The lowest BCUT2D eigenvalue weighted by Gasteiger charge is -2.41. The highest BCUT2D eigenvalue weighted by atomic mass is 16.5. The third kappa shape index (κ3) is 3.57. The van der Waals surface area contributed by atoms with Crippen LogP contribution < -0.4 is 9.47 Å². The van der Waals surface area contributed by atoms with Gasteiger partial charge in [0.05, 0.1) is 19.3 Å². The average molecular weight is 400 g/mol. The summed E-state index contributed by atoms with van der Waals surface area (Å²) in [7, 11) is 1.62. The standard InChI is InChI=1S/C26H24O4/c1-3-29-24(27)17-19-18-26(20-11-6-4-7-12-20,21-13-8-5-9-14-21)30-23-16-10-15-22(28-2)25(19)23/h4-17H,3,18H2,1-2H3/b19-17+. The molecule has 0 atom stereocenters. The zero-order chi connectivity index (χ0) is 21.0. The second-order valence-electron chi connectivity index (χ2n) is 7.09. The van der Waals surface area contributed by atoms with Crippen LogP contribution in [-0.2, 0) is 15.1 Å². The van der Waals surface area contributed by atoms with Crippen molar-refractivity contribution < 1.29 is 19.0 Å². The highest BCUT2D eigenvalue weighted by Gasteiger charge is 2.43. The van der Waals surface area contributed by atoms with Gasteiger partial charge in [-0.15, -0.1) is 0 Å². The molecule has 0 bridgehead atoms. The van der Waals surface area contributed by atoms with Gasteiger partial charge >= 0.3 is 5.97 Å². The first-order chi connectivity index (χ1) is 14.7. The van der Waals surface area contributed by atoms with Crippen molar-refractivity contribution in [1.82, 2.24) is 0 Å². The summed E-state index contributed by atoms with van der Waals surface area (Å²) in [4.78, 5) is 12.4. The van der Waals surface area contributed by atoms with Crippen molar-refractivity contribution in [2.45, 2.75) is 18.9 Å². The number of benzene rings is 3. The van der Waals surface area contributed by atoms with Gasteiger partial charge in [-0.25, -0.2) is 4.79 Å². The Morgan fingerprint density at radius 3 is 2.17 bits per heavy atom. The number of hydrogen-bond acceptors (Lipinski definition) is 4. The first-order valence-corrected chi connectivity index (χ1v) is 10.0. The molecule has 1 aliphatic heterocycles. The summed E-state index contributed by atoms with van der Waals surface area (Å²) < 4.78 is 17.5. The van der Waals surface area contributed by atoms with Crippen molar-refractivity contribution in [3.63, 3.8) is 0 Å². The third-order valence-electron chi connectivity index (χ3n) is 5.31. The quantitative estimate of drug-likeness (QED) is 0.427. The SMILES string of the molecule is CCOC(=O)/C=C1\CC(c2ccccc2)(c2ccccc2)Oc2cccc(OC)c21. The van der Waals surface area contributed by atoms with Gasteiger partial charge in [0.25, 0.3) is 0 Å². The third-order valence-corrected chi connectivity index (χ3v) is 5.31. The number of esters is 1. The van der Waals surface area contributed by atoms with E-state index in [2.05, 4.69) is 24.3 Å². The second kappa shape index (κ2) is 8.46. The maximum atomic E-state index is 12.4. The van der Waals surface area contributed by atoms with Crippen LogP contribution in [0.25, 0.3) is 5.57 Å². The highest BCUT2D eigenvalue weighted by Crippen LogP contribution is 2.51. The summed E-state index contributed by atoms with van der Waals surface area (Å²) >= 11 is 0. The molecule has 30 heavy (non-hydrogen) atoms. The molecular formula is C26H24O4. The summed E-state index contributed by atoms with van der Waals surface area (Å²) in [6, 6.07) is 25.9. The molecule has 0 saturated carbocycles. The predicted octanol–water partition coefficient (Wildman–Crippen LogP) is 5.37. The van der Waals surface area contributed by atoms with Crippen LogP contribution in [0.3, 0.4) is 0 Å². The maximum Gasteiger partial charge on any atom is 0.331 e. The van der Waals surface area contributed by atoms with Crippen molar-refractivity contribution >= 4 is 11.5 Å². The molecule has 4 nitrogen and oxygen atoms in total. The molecule has 0 unspecified atom stereocenters. The Bertz CT molecular complexity index is 1020. The van der Waals surface area contributed by atoms with Crippen molar-refractivity contribution in [1.29, 1.82) is 0 Å². The number of methoxy groups -OCH3 is 1. The number of rotatable bonds is 5. The number of carbonyl (C=O) groups is 1. The number of fused-ring (bicyclic) bond motifs is 1. The van der Waals surface area contributed by atoms with Crippen LogP contribution in [0, 0.1) is 0 Å². The summed E-state index contributed by atoms with van der Waals surface area (Å²) in [6.45, 7) is 2.12. The first-order valence-electron chi connectivity index (χ1n) is 10.0. The molecule has 0 fully saturated rings. The van der Waals surface area contributed by atoms with Crippen molar-refractivity contribution in [3.05, 3.63) is 102 Å². The van der Waals surface area contributed by atoms with E-state index >= 15 is 0 Å². The molecule has 0 N–H and O–H groups in total. The maximum absolute atomic E-state index is 12.4. The van der Waals surface area contributed by atoms with E-state index in [1.807, 2.05) is 54.6 Å². The summed E-state index contributed by atoms with van der Waals surface area (Å²) in [5, 5.41) is 0. The second-order valence-corrected chi connectivity index (χ2v) is 7.09. The fourth-order valence-corrected chi connectivity index (χ4v) is 4.02. The van der Waals surface area contributed by atoms with Gasteiger partial charge in [-0.2, -0.15) is 0 Å². The van der Waals surface area contributed by atoms with Crippen LogP contribution in [0.4, 0.5) is 0 Å². The molecular weight excluding hydrogens is 376 g/mol. The molecule has 152 valence electrons. The smallest absolute Gasteiger partial charge is 0.331 e. The predicted molar refractivity (Wildman–Crippen MR) is 117 cm³/mol. The van der Waals surface area contributed by atoms with Crippen molar-refractivity contribution in [2.75, 3.05) is 13.7 Å². The molecule has 0 aromatic heterocycles. The highest BCUT2D eigenvalue weighted by molar-refractivity contribution is 5.94. The molecule has 0 radical (unpaired) electrons. The Labute approximate surface area is 176 Å². The lowest BCUT2D eigenvalue weighted by atomic mass is 9.77. The van der Waals surface area contributed by atoms with E-state index < -0.39 is 5.60 Å². The van der Waals surface area contributed by atoms with E-state index in [0.717, 1.165) is 22.3 Å². The molecule has 0 aliphatic carbocycles. The van der Waals surface area contributed by atoms with Gasteiger partial charge in [-0.1, -0.05) is 66.7 Å². The van der Waals surface area contributed by atoms with Gasteiger partial charge in [0.1, 0.15) is 11.5 Å². The monoisotopic (exact) mass is 400 g/mol. The van der Waals surface area contributed by atoms with Crippen LogP contribution in [0.15, 0.2) is 84.9 Å².